The first-order valence-corrected chi connectivity index (χ1v) is 4.68. The number of nitrogens with one attached hydrogen (secondary N) is 1. The van der Waals surface area contributed by atoms with Gasteiger partial charge in [0.25, 0.3) is 0 Å². The van der Waals surface area contributed by atoms with Gasteiger partial charge in [-0.1, -0.05) is 12.1 Å². The van der Waals surface area contributed by atoms with Crippen molar-refractivity contribution >= 4 is 0 Å². The van der Waals surface area contributed by atoms with Crippen LogP contribution in [-0.2, 0) is 9.47 Å². The van der Waals surface area contributed by atoms with Crippen LogP contribution in [0.3, 0.4) is 0 Å². The summed E-state index contributed by atoms with van der Waals surface area (Å²) in [5.41, 5.74) is 7.53. The van der Waals surface area contributed by atoms with Crippen molar-refractivity contribution in [3.8, 4) is 0 Å². The smallest absolute Gasteiger partial charge is 0.145 e. The molecule has 1 rings (SSSR count). The van der Waals surface area contributed by atoms with E-state index >= 15 is 0 Å². The molecule has 5 atom stereocenters. The molecule has 0 saturated carbocycles. The molecule has 5 unspecified atom stereocenters. The molecule has 0 spiro atoms. The van der Waals surface area contributed by atoms with Gasteiger partial charge in [0.1, 0.15) is 18.5 Å². The minimum atomic E-state index is -1.29. The molecule has 7 heteroatoms. The number of hydrogen-bond donors (Lipinski definition) is 3. The van der Waals surface area contributed by atoms with Gasteiger partial charge in [0, 0.05) is 44.1 Å². The fourth-order valence-corrected chi connectivity index (χ4v) is 1.39. The monoisotopic (exact) mass is 445 g/mol. The molecule has 0 aromatic heterocycles. The van der Waals surface area contributed by atoms with Crippen LogP contribution in [-0.4, -0.2) is 59.2 Å². The maximum Gasteiger partial charge on any atom is 0.145 e. The molecule has 1 saturated heterocycles. The van der Waals surface area contributed by atoms with Gasteiger partial charge in [0.2, 0.25) is 0 Å². The molecule has 6 nitrogen and oxygen atoms in total. The van der Waals surface area contributed by atoms with Crippen LogP contribution in [0.2, 0.25) is 0 Å². The Bertz CT molecular complexity index is 216. The zero-order valence-electron chi connectivity index (χ0n) is 8.82. The third-order valence-electron chi connectivity index (χ3n) is 2.26. The molecular weight excluding hydrogens is 429 g/mol. The van der Waals surface area contributed by atoms with Crippen LogP contribution in [0.1, 0.15) is 0 Å². The molecule has 1 radical (unpaired) electrons. The molecule has 91 valence electrons. The summed E-state index contributed by atoms with van der Waals surface area (Å²) in [6.45, 7) is 3.19. The van der Waals surface area contributed by atoms with E-state index in [9.17, 15) is 10.2 Å². The van der Waals surface area contributed by atoms with Crippen LogP contribution in [0.25, 0.3) is 5.73 Å². The Labute approximate surface area is 130 Å². The average Bonchev–Trinajstić information content (AvgIpc) is 2.25. The first-order chi connectivity index (χ1) is 7.11. The van der Waals surface area contributed by atoms with Crippen LogP contribution in [0.4, 0.5) is 0 Å². The van der Waals surface area contributed by atoms with Crippen molar-refractivity contribution in [2.45, 2.75) is 30.6 Å². The molecule has 0 amide bonds. The third kappa shape index (κ3) is 4.00. The van der Waals surface area contributed by atoms with Crippen molar-refractivity contribution < 1.29 is 68.9 Å². The summed E-state index contributed by atoms with van der Waals surface area (Å²) >= 11 is 0. The van der Waals surface area contributed by atoms with Crippen LogP contribution < -0.4 is 0 Å². The van der Waals surface area contributed by atoms with Gasteiger partial charge >= 0.3 is 0 Å². The molecule has 16 heavy (non-hydrogen) atoms. The van der Waals surface area contributed by atoms with E-state index in [1.807, 2.05) is 0 Å². The maximum atomic E-state index is 9.48. The van der Waals surface area contributed by atoms with Gasteiger partial charge < -0.3 is 30.5 Å². The van der Waals surface area contributed by atoms with Crippen LogP contribution in [0.15, 0.2) is 12.7 Å². The molecule has 1 heterocycles. The van der Waals surface area contributed by atoms with E-state index in [1.165, 1.54) is 6.08 Å². The standard InChI is InChI=1S/C9H16NO5.Ac/c1-2-3-14-9-6(10)8(13)7(12)5(4-11)15-9;/h2,5-13H,1,3-4H2;/q-1;. The number of ether oxygens (including phenoxy) is 2. The summed E-state index contributed by atoms with van der Waals surface area (Å²) in [6.07, 6.45) is -2.94. The van der Waals surface area contributed by atoms with Crippen LogP contribution in [0.5, 0.6) is 0 Å². The van der Waals surface area contributed by atoms with Gasteiger partial charge in [-0.05, 0) is 0 Å². The Morgan fingerprint density at radius 3 is 2.50 bits per heavy atom. The molecule has 1 aliphatic heterocycles. The second-order valence-electron chi connectivity index (χ2n) is 3.35. The quantitative estimate of drug-likeness (QED) is 0.485. The second kappa shape index (κ2) is 8.12. The fourth-order valence-electron chi connectivity index (χ4n) is 1.39. The molecule has 0 bridgehead atoms. The molecule has 0 aromatic rings. The van der Waals surface area contributed by atoms with E-state index in [2.05, 4.69) is 6.58 Å². The van der Waals surface area contributed by atoms with Crippen molar-refractivity contribution in [3.05, 3.63) is 18.4 Å². The van der Waals surface area contributed by atoms with E-state index in [1.54, 1.807) is 0 Å². The van der Waals surface area contributed by atoms with Gasteiger partial charge in [-0.25, -0.2) is 0 Å². The Kier molecular flexibility index (Phi) is 8.59. The van der Waals surface area contributed by atoms with Crippen LogP contribution in [0, 0.1) is 44.1 Å². The summed E-state index contributed by atoms with van der Waals surface area (Å²) < 4.78 is 10.2. The van der Waals surface area contributed by atoms with E-state index in [0.717, 1.165) is 0 Å². The fraction of sp³-hybridized carbons (Fsp3) is 0.778. The van der Waals surface area contributed by atoms with Crippen molar-refractivity contribution in [2.75, 3.05) is 13.2 Å². The van der Waals surface area contributed by atoms with Crippen molar-refractivity contribution in [1.82, 2.24) is 0 Å². The molecule has 4 N–H and O–H groups in total. The molecule has 1 aliphatic rings. The Hall–Kier alpha value is 0.942. The minimum absolute atomic E-state index is 0. The zero-order chi connectivity index (χ0) is 11.4. The summed E-state index contributed by atoms with van der Waals surface area (Å²) in [6, 6.07) is -1.09. The normalized spacial score (nSPS) is 38.9. The Balaban J connectivity index is 0.00000225. The Morgan fingerprint density at radius 1 is 1.38 bits per heavy atom. The first-order valence-electron chi connectivity index (χ1n) is 4.68. The van der Waals surface area contributed by atoms with Gasteiger partial charge in [0.05, 0.1) is 19.3 Å². The second-order valence-corrected chi connectivity index (χ2v) is 3.35. The number of aliphatic hydroxyl groups is 3. The van der Waals surface area contributed by atoms with Gasteiger partial charge in [-0.2, -0.15) is 0 Å². The van der Waals surface area contributed by atoms with Crippen LogP contribution >= 0.6 is 0 Å². The van der Waals surface area contributed by atoms with Crippen molar-refractivity contribution in [2.24, 2.45) is 0 Å². The minimum Gasteiger partial charge on any atom is -0.668 e. The largest absolute Gasteiger partial charge is 0.668 e. The summed E-state index contributed by atoms with van der Waals surface area (Å²) in [5, 5.41) is 27.8. The van der Waals surface area contributed by atoms with E-state index < -0.39 is 37.3 Å². The number of aliphatic hydroxyl groups excluding tert-OH is 3. The maximum absolute atomic E-state index is 9.48. The van der Waals surface area contributed by atoms with E-state index in [-0.39, 0.29) is 50.7 Å². The van der Waals surface area contributed by atoms with E-state index in [0.29, 0.717) is 0 Å². The first kappa shape index (κ1) is 16.9. The number of hydrogen-bond acceptors (Lipinski definition) is 5. The SMILES string of the molecule is C=CCOC1OC(CO)C(O)C(O)C1[NH-].[Ac]. The van der Waals surface area contributed by atoms with Crippen molar-refractivity contribution in [3.63, 3.8) is 0 Å². The summed E-state index contributed by atoms with van der Waals surface area (Å²) in [7, 11) is 0. The van der Waals surface area contributed by atoms with Crippen molar-refractivity contribution in [1.29, 1.82) is 0 Å². The predicted molar refractivity (Wildman–Crippen MR) is 52.0 cm³/mol. The topological polar surface area (TPSA) is 103 Å². The summed E-state index contributed by atoms with van der Waals surface area (Å²) in [4.78, 5) is 0. The molecule has 0 aliphatic carbocycles. The average molecular weight is 445 g/mol. The predicted octanol–water partition coefficient (Wildman–Crippen LogP) is -0.951. The number of rotatable bonds is 4. The van der Waals surface area contributed by atoms with Gasteiger partial charge in [-0.3, -0.25) is 0 Å². The molecule has 0 aromatic carbocycles. The van der Waals surface area contributed by atoms with Gasteiger partial charge in [0.15, 0.2) is 0 Å². The zero-order valence-corrected chi connectivity index (χ0v) is 13.6. The summed E-state index contributed by atoms with van der Waals surface area (Å²) in [5.74, 6) is 0. The van der Waals surface area contributed by atoms with E-state index in [4.69, 9.17) is 20.3 Å². The van der Waals surface area contributed by atoms with Gasteiger partial charge in [-0.15, -0.1) is 6.58 Å². The Morgan fingerprint density at radius 2 is 2.00 bits per heavy atom. The third-order valence-corrected chi connectivity index (χ3v) is 2.26. The molecule has 1 fully saturated rings. The molecular formula is C9H16AcNO5-.